The third-order valence-electron chi connectivity index (χ3n) is 2.09. The molecule has 8 heteroatoms. The first-order valence-electron chi connectivity index (χ1n) is 4.68. The molecular weight excluding hydrogens is 262 g/mol. The summed E-state index contributed by atoms with van der Waals surface area (Å²) in [5, 5.41) is 0. The summed E-state index contributed by atoms with van der Waals surface area (Å²) in [6.07, 6.45) is -4.65. The summed E-state index contributed by atoms with van der Waals surface area (Å²) in [7, 11) is 0. The van der Waals surface area contributed by atoms with E-state index < -0.39 is 41.1 Å². The second kappa shape index (κ2) is 4.87. The summed E-state index contributed by atoms with van der Waals surface area (Å²) in [6.45, 7) is 0.699. The SMILES string of the molecule is C[C@H](N=C(N)c1cc(F)c(F)cc1F)C(F)(F)F. The molecular formula is C10H8F6N2. The molecule has 0 aliphatic carbocycles. The Kier molecular flexibility index (Phi) is 3.88. The van der Waals surface area contributed by atoms with E-state index in [1.165, 1.54) is 0 Å². The van der Waals surface area contributed by atoms with Crippen molar-refractivity contribution in [1.82, 2.24) is 0 Å². The van der Waals surface area contributed by atoms with E-state index in [4.69, 9.17) is 5.73 Å². The predicted molar refractivity (Wildman–Crippen MR) is 52.6 cm³/mol. The molecule has 0 radical (unpaired) electrons. The van der Waals surface area contributed by atoms with E-state index in [0.717, 1.165) is 0 Å². The van der Waals surface area contributed by atoms with Crippen molar-refractivity contribution in [2.75, 3.05) is 0 Å². The van der Waals surface area contributed by atoms with Gasteiger partial charge in [-0.2, -0.15) is 13.2 Å². The number of aliphatic imine (C=N–C) groups is 1. The minimum atomic E-state index is -4.65. The van der Waals surface area contributed by atoms with Gasteiger partial charge in [0.25, 0.3) is 0 Å². The number of hydrogen-bond donors (Lipinski definition) is 1. The van der Waals surface area contributed by atoms with Gasteiger partial charge in [0.05, 0.1) is 5.56 Å². The van der Waals surface area contributed by atoms with Gasteiger partial charge in [0.1, 0.15) is 17.7 Å². The van der Waals surface area contributed by atoms with Gasteiger partial charge in [0.2, 0.25) is 0 Å². The number of amidine groups is 1. The van der Waals surface area contributed by atoms with Gasteiger partial charge in [-0.25, -0.2) is 13.2 Å². The molecule has 0 spiro atoms. The van der Waals surface area contributed by atoms with Crippen LogP contribution in [0.3, 0.4) is 0 Å². The Morgan fingerprint density at radius 1 is 1.11 bits per heavy atom. The lowest BCUT2D eigenvalue weighted by Crippen LogP contribution is -2.28. The Morgan fingerprint density at radius 2 is 1.61 bits per heavy atom. The van der Waals surface area contributed by atoms with Crippen LogP contribution in [0, 0.1) is 17.5 Å². The number of rotatable bonds is 2. The topological polar surface area (TPSA) is 38.4 Å². The van der Waals surface area contributed by atoms with Crippen LogP contribution in [0.4, 0.5) is 26.3 Å². The molecule has 0 amide bonds. The fraction of sp³-hybridized carbons (Fsp3) is 0.300. The molecule has 100 valence electrons. The molecule has 1 aromatic carbocycles. The third kappa shape index (κ3) is 3.14. The van der Waals surface area contributed by atoms with Crippen LogP contribution in [-0.2, 0) is 0 Å². The summed E-state index contributed by atoms with van der Waals surface area (Å²) >= 11 is 0. The van der Waals surface area contributed by atoms with E-state index in [-0.39, 0.29) is 6.07 Å². The average molecular weight is 270 g/mol. The number of hydrogen-bond acceptors (Lipinski definition) is 1. The first-order chi connectivity index (χ1) is 8.12. The van der Waals surface area contributed by atoms with Crippen molar-refractivity contribution in [3.8, 4) is 0 Å². The molecule has 2 N–H and O–H groups in total. The number of benzene rings is 1. The Labute approximate surface area is 98.1 Å². The van der Waals surface area contributed by atoms with Crippen LogP contribution >= 0.6 is 0 Å². The lowest BCUT2D eigenvalue weighted by molar-refractivity contribution is -0.142. The summed E-state index contributed by atoms with van der Waals surface area (Å²) in [5.74, 6) is -5.03. The van der Waals surface area contributed by atoms with Gasteiger partial charge in [-0.1, -0.05) is 0 Å². The van der Waals surface area contributed by atoms with Crippen molar-refractivity contribution in [3.63, 3.8) is 0 Å². The van der Waals surface area contributed by atoms with E-state index in [1.54, 1.807) is 0 Å². The van der Waals surface area contributed by atoms with Gasteiger partial charge in [0.15, 0.2) is 11.6 Å². The number of nitrogens with two attached hydrogens (primary N) is 1. The number of nitrogens with zero attached hydrogens (tertiary/aromatic N) is 1. The highest BCUT2D eigenvalue weighted by molar-refractivity contribution is 5.97. The average Bonchev–Trinajstić information content (AvgIpc) is 2.21. The van der Waals surface area contributed by atoms with Crippen LogP contribution in [0.25, 0.3) is 0 Å². The standard InChI is InChI=1S/C10H8F6N2/c1-4(10(14,15)16)18-9(17)5-2-7(12)8(13)3-6(5)11/h2-4H,1H3,(H2,17,18)/t4-/m0/s1. The van der Waals surface area contributed by atoms with Crippen molar-refractivity contribution >= 4 is 5.84 Å². The molecule has 0 saturated heterocycles. The molecule has 0 aromatic heterocycles. The van der Waals surface area contributed by atoms with E-state index in [2.05, 4.69) is 4.99 Å². The molecule has 0 fully saturated rings. The quantitative estimate of drug-likeness (QED) is 0.381. The molecule has 0 heterocycles. The van der Waals surface area contributed by atoms with Gasteiger partial charge in [-0.3, -0.25) is 4.99 Å². The fourth-order valence-electron chi connectivity index (χ4n) is 1.07. The van der Waals surface area contributed by atoms with Crippen LogP contribution in [0.1, 0.15) is 12.5 Å². The molecule has 2 nitrogen and oxygen atoms in total. The molecule has 0 unspecified atom stereocenters. The Hall–Kier alpha value is -1.73. The maximum Gasteiger partial charge on any atom is 0.410 e. The predicted octanol–water partition coefficient (Wildman–Crippen LogP) is 2.76. The molecule has 1 rings (SSSR count). The first kappa shape index (κ1) is 14.3. The molecule has 0 saturated carbocycles. The zero-order valence-electron chi connectivity index (χ0n) is 9.02. The van der Waals surface area contributed by atoms with Crippen LogP contribution in [0.15, 0.2) is 17.1 Å². The molecule has 0 aliphatic rings. The van der Waals surface area contributed by atoms with Crippen molar-refractivity contribution in [2.24, 2.45) is 10.7 Å². The second-order valence-corrected chi connectivity index (χ2v) is 3.48. The number of halogens is 6. The van der Waals surface area contributed by atoms with Gasteiger partial charge in [-0.05, 0) is 13.0 Å². The van der Waals surface area contributed by atoms with Crippen LogP contribution in [0.5, 0.6) is 0 Å². The third-order valence-corrected chi connectivity index (χ3v) is 2.09. The van der Waals surface area contributed by atoms with Crippen molar-refractivity contribution in [2.45, 2.75) is 19.1 Å². The minimum Gasteiger partial charge on any atom is -0.383 e. The summed E-state index contributed by atoms with van der Waals surface area (Å²) in [6, 6.07) is -1.64. The summed E-state index contributed by atoms with van der Waals surface area (Å²) in [4.78, 5) is 2.99. The van der Waals surface area contributed by atoms with E-state index in [1.807, 2.05) is 0 Å². The highest BCUT2D eigenvalue weighted by Gasteiger charge is 2.36. The second-order valence-electron chi connectivity index (χ2n) is 3.48. The highest BCUT2D eigenvalue weighted by Crippen LogP contribution is 2.23. The Morgan fingerprint density at radius 3 is 2.11 bits per heavy atom. The molecule has 0 aliphatic heterocycles. The van der Waals surface area contributed by atoms with E-state index >= 15 is 0 Å². The minimum absolute atomic E-state index is 0.186. The first-order valence-corrected chi connectivity index (χ1v) is 4.68. The van der Waals surface area contributed by atoms with Gasteiger partial charge < -0.3 is 5.73 Å². The van der Waals surface area contributed by atoms with Gasteiger partial charge in [-0.15, -0.1) is 0 Å². The molecule has 0 bridgehead atoms. The maximum atomic E-state index is 13.2. The van der Waals surface area contributed by atoms with Crippen LogP contribution < -0.4 is 5.73 Å². The lowest BCUT2D eigenvalue weighted by atomic mass is 10.1. The van der Waals surface area contributed by atoms with Gasteiger partial charge in [0, 0.05) is 6.07 Å². The van der Waals surface area contributed by atoms with E-state index in [0.29, 0.717) is 13.0 Å². The normalized spacial score (nSPS) is 14.7. The molecule has 1 aromatic rings. The fourth-order valence-corrected chi connectivity index (χ4v) is 1.07. The zero-order valence-corrected chi connectivity index (χ0v) is 9.02. The van der Waals surface area contributed by atoms with Crippen molar-refractivity contribution < 1.29 is 26.3 Å². The highest BCUT2D eigenvalue weighted by atomic mass is 19.4. The number of alkyl halides is 3. The van der Waals surface area contributed by atoms with Crippen molar-refractivity contribution in [1.29, 1.82) is 0 Å². The Balaban J connectivity index is 3.15. The summed E-state index contributed by atoms with van der Waals surface area (Å²) < 4.78 is 75.1. The van der Waals surface area contributed by atoms with Gasteiger partial charge >= 0.3 is 6.18 Å². The van der Waals surface area contributed by atoms with E-state index in [9.17, 15) is 26.3 Å². The van der Waals surface area contributed by atoms with Crippen molar-refractivity contribution in [3.05, 3.63) is 35.1 Å². The zero-order chi connectivity index (χ0) is 14.1. The monoisotopic (exact) mass is 270 g/mol. The Bertz CT molecular complexity index is 480. The van der Waals surface area contributed by atoms with Crippen LogP contribution in [0.2, 0.25) is 0 Å². The molecule has 1 atom stereocenters. The lowest BCUT2D eigenvalue weighted by Gasteiger charge is -2.12. The maximum absolute atomic E-state index is 13.2. The van der Waals surface area contributed by atoms with Crippen LogP contribution in [-0.4, -0.2) is 18.1 Å². The summed E-state index contributed by atoms with van der Waals surface area (Å²) in [5.41, 5.74) is 4.42. The molecule has 18 heavy (non-hydrogen) atoms. The smallest absolute Gasteiger partial charge is 0.383 e. The largest absolute Gasteiger partial charge is 0.410 e.